The number of halogens is 1. The monoisotopic (exact) mass is 264 g/mol. The molecule has 0 bridgehead atoms. The van der Waals surface area contributed by atoms with Crippen molar-refractivity contribution in [3.8, 4) is 11.5 Å². The number of hydrogen-bond donors (Lipinski definition) is 0. The molecule has 0 saturated heterocycles. The first-order chi connectivity index (χ1) is 7.93. The molecular weight excluding hydrogens is 255 g/mol. The first-order valence-electron chi connectivity index (χ1n) is 4.85. The summed E-state index contributed by atoms with van der Waals surface area (Å²) in [6.07, 6.45) is 0. The summed E-state index contributed by atoms with van der Waals surface area (Å²) >= 11 is 2.54. The van der Waals surface area contributed by atoms with Crippen LogP contribution in [0.4, 0.5) is 0 Å². The first-order valence-corrected chi connectivity index (χ1v) is 8.69. The lowest BCUT2D eigenvalue weighted by Crippen LogP contribution is -1.93. The zero-order valence-corrected chi connectivity index (χ0v) is 12.4. The Kier molecular flexibility index (Phi) is 4.20. The quantitative estimate of drug-likeness (QED) is 0.573. The van der Waals surface area contributed by atoms with Crippen LogP contribution in [0, 0.1) is 0 Å². The maximum atomic E-state index is 5.76. The van der Waals surface area contributed by atoms with E-state index < -0.39 is 0 Å². The molecule has 0 saturated carbocycles. The summed E-state index contributed by atoms with van der Waals surface area (Å²) < 4.78 is 5.76. The zero-order chi connectivity index (χ0) is 11.4. The first kappa shape index (κ1) is 11.9. The normalized spacial score (nSPS) is 11.3. The van der Waals surface area contributed by atoms with E-state index in [2.05, 4.69) is 12.1 Å². The highest BCUT2D eigenvalue weighted by Crippen LogP contribution is 2.46. The molecule has 2 aromatic carbocycles. The lowest BCUT2D eigenvalue weighted by Gasteiger charge is -2.18. The van der Waals surface area contributed by atoms with Gasteiger partial charge in [-0.1, -0.05) is 36.0 Å². The van der Waals surface area contributed by atoms with E-state index in [0.29, 0.717) is 0 Å². The van der Waals surface area contributed by atoms with Gasteiger partial charge in [0.15, 0.2) is 0 Å². The predicted octanol–water partition coefficient (Wildman–Crippen LogP) is 3.72. The minimum absolute atomic E-state index is 0.778. The number of fused-ring (bicyclic) bond motifs is 2. The second-order valence-electron chi connectivity index (χ2n) is 3.10. The average molecular weight is 265 g/mol. The van der Waals surface area contributed by atoms with E-state index in [1.165, 1.54) is 9.79 Å². The van der Waals surface area contributed by atoms with Gasteiger partial charge in [-0.15, -0.1) is 0 Å². The van der Waals surface area contributed by atoms with Gasteiger partial charge in [0.25, 0.3) is 0 Å². The third-order valence-corrected chi connectivity index (χ3v) is 3.25. The minimum Gasteiger partial charge on any atom is -0.455 e. The number of ether oxygens (including phenoxy) is 1. The van der Waals surface area contributed by atoms with Crippen molar-refractivity contribution in [1.82, 2.24) is 0 Å². The summed E-state index contributed by atoms with van der Waals surface area (Å²) in [5, 5.41) is 0. The summed E-state index contributed by atoms with van der Waals surface area (Å²) in [6.45, 7) is 0. The molecule has 0 amide bonds. The summed E-state index contributed by atoms with van der Waals surface area (Å²) in [6, 6.07) is 16.2. The molecule has 1 heterocycles. The molecule has 1 nitrogen and oxygen atoms in total. The Hall–Kier alpha value is -0.588. The molecule has 0 aliphatic carbocycles. The van der Waals surface area contributed by atoms with Crippen LogP contribution in [-0.2, 0) is 0 Å². The Morgan fingerprint density at radius 1 is 0.812 bits per heavy atom. The Bertz CT molecular complexity index is 402. The molecular formula is C12H10AlClOS. The third kappa shape index (κ3) is 2.39. The van der Waals surface area contributed by atoms with Crippen LogP contribution in [-0.4, -0.2) is 15.4 Å². The van der Waals surface area contributed by atoms with Crippen molar-refractivity contribution in [2.75, 3.05) is 0 Å². The Labute approximate surface area is 111 Å². The highest BCUT2D eigenvalue weighted by atomic mass is 35.6. The molecule has 0 N–H and O–H groups in total. The smallest absolute Gasteiger partial charge is 0.353 e. The van der Waals surface area contributed by atoms with E-state index in [1.54, 1.807) is 11.8 Å². The van der Waals surface area contributed by atoms with Crippen LogP contribution in [0.1, 0.15) is 0 Å². The molecule has 0 atom stereocenters. The number of benzene rings is 2. The van der Waals surface area contributed by atoms with Gasteiger partial charge in [0.2, 0.25) is 0 Å². The van der Waals surface area contributed by atoms with Crippen molar-refractivity contribution in [1.29, 1.82) is 0 Å². The summed E-state index contributed by atoms with van der Waals surface area (Å²) in [4.78, 5) is 2.37. The molecule has 0 fully saturated rings. The van der Waals surface area contributed by atoms with Crippen molar-refractivity contribution in [3.63, 3.8) is 0 Å². The van der Waals surface area contributed by atoms with Crippen molar-refractivity contribution >= 4 is 37.2 Å². The molecule has 0 radical (unpaired) electrons. The van der Waals surface area contributed by atoms with Gasteiger partial charge >= 0.3 is 15.4 Å². The van der Waals surface area contributed by atoms with Gasteiger partial charge < -0.3 is 4.74 Å². The maximum absolute atomic E-state index is 5.76. The second kappa shape index (κ2) is 5.65. The largest absolute Gasteiger partial charge is 0.455 e. The van der Waals surface area contributed by atoms with E-state index in [4.69, 9.17) is 14.8 Å². The summed E-state index contributed by atoms with van der Waals surface area (Å²) in [5.41, 5.74) is 0. The number of hydrogen-bond acceptors (Lipinski definition) is 2. The average Bonchev–Trinajstić information content (AvgIpc) is 2.38. The molecule has 2 aromatic rings. The van der Waals surface area contributed by atoms with Crippen molar-refractivity contribution < 1.29 is 4.74 Å². The number of rotatable bonds is 0. The Balaban J connectivity index is 0.000000457. The van der Waals surface area contributed by atoms with E-state index in [-0.39, 0.29) is 0 Å². The molecule has 16 heavy (non-hydrogen) atoms. The molecule has 3 rings (SSSR count). The fourth-order valence-electron chi connectivity index (χ4n) is 1.47. The van der Waals surface area contributed by atoms with Crippen molar-refractivity contribution in [2.45, 2.75) is 9.79 Å². The van der Waals surface area contributed by atoms with Gasteiger partial charge in [-0.05, 0) is 24.3 Å². The molecule has 1 aliphatic heterocycles. The maximum Gasteiger partial charge on any atom is 0.353 e. The third-order valence-electron chi connectivity index (χ3n) is 2.14. The van der Waals surface area contributed by atoms with Crippen LogP contribution in [0.5, 0.6) is 11.5 Å². The van der Waals surface area contributed by atoms with E-state index in [0.717, 1.165) is 26.9 Å². The fourth-order valence-corrected chi connectivity index (χ4v) is 2.43. The zero-order valence-electron chi connectivity index (χ0n) is 8.81. The van der Waals surface area contributed by atoms with Crippen LogP contribution in [0.2, 0.25) is 0 Å². The van der Waals surface area contributed by atoms with Gasteiger partial charge in [-0.25, -0.2) is 0 Å². The second-order valence-corrected chi connectivity index (χ2v) is 4.18. The van der Waals surface area contributed by atoms with Crippen LogP contribution in [0.25, 0.3) is 0 Å². The summed E-state index contributed by atoms with van der Waals surface area (Å²) in [5.74, 6) is 1.91. The van der Waals surface area contributed by atoms with Gasteiger partial charge in [-0.2, -0.15) is 0 Å². The minimum atomic E-state index is 0.778. The molecule has 4 heteroatoms. The van der Waals surface area contributed by atoms with Crippen molar-refractivity contribution in [3.05, 3.63) is 48.5 Å². The summed E-state index contributed by atoms with van der Waals surface area (Å²) in [7, 11) is 4.78. The fraction of sp³-hybridized carbons (Fsp3) is 0. The van der Waals surface area contributed by atoms with Crippen molar-refractivity contribution in [2.24, 2.45) is 0 Å². The molecule has 0 unspecified atom stereocenters. The van der Waals surface area contributed by atoms with Gasteiger partial charge in [-0.3, -0.25) is 10.0 Å². The van der Waals surface area contributed by atoms with Gasteiger partial charge in [0.05, 0.1) is 9.79 Å². The Morgan fingerprint density at radius 2 is 1.25 bits per heavy atom. The lowest BCUT2D eigenvalue weighted by atomic mass is 10.3. The van der Waals surface area contributed by atoms with E-state index in [9.17, 15) is 0 Å². The van der Waals surface area contributed by atoms with Gasteiger partial charge in [0.1, 0.15) is 11.5 Å². The SMILES string of the molecule is [AlH2][Cl].c1ccc2c(c1)Oc1ccccc1S2. The number of para-hydroxylation sites is 2. The molecule has 80 valence electrons. The van der Waals surface area contributed by atoms with Crippen LogP contribution in [0.3, 0.4) is 0 Å². The highest BCUT2D eigenvalue weighted by Gasteiger charge is 2.15. The van der Waals surface area contributed by atoms with E-state index >= 15 is 0 Å². The Morgan fingerprint density at radius 3 is 1.75 bits per heavy atom. The topological polar surface area (TPSA) is 9.23 Å². The predicted molar refractivity (Wildman–Crippen MR) is 71.5 cm³/mol. The highest BCUT2D eigenvalue weighted by molar-refractivity contribution is 7.99. The molecule has 1 aliphatic rings. The standard InChI is InChI=1S/C12H8OS.Al.ClH.2H/c1-3-7-11-9(5-1)13-10-6-2-4-8-12(10)14-11;;;;/h1-8H;;1H;;/q;+1;;;/p-1. The van der Waals surface area contributed by atoms with Crippen LogP contribution in [0.15, 0.2) is 58.3 Å². The molecule has 0 spiro atoms. The lowest BCUT2D eigenvalue weighted by molar-refractivity contribution is 0.454. The van der Waals surface area contributed by atoms with Crippen LogP contribution < -0.4 is 4.74 Å². The van der Waals surface area contributed by atoms with Gasteiger partial charge in [0, 0.05) is 0 Å². The van der Waals surface area contributed by atoms with Crippen LogP contribution >= 0.6 is 21.8 Å². The van der Waals surface area contributed by atoms with E-state index in [1.807, 2.05) is 36.4 Å². The molecule has 0 aromatic heterocycles.